The van der Waals surface area contributed by atoms with Gasteiger partial charge >= 0.3 is 6.03 Å². The van der Waals surface area contributed by atoms with E-state index in [1.165, 1.54) is 11.0 Å². The SMILES string of the molecule is CC(C)NC(=O)N(Cc1ccc(F)cc1F)C[C@@H]1CC(c2ccc(Cl)o2)=NO1. The Morgan fingerprint density at radius 2 is 2.14 bits per heavy atom. The number of benzene rings is 1. The summed E-state index contributed by atoms with van der Waals surface area (Å²) in [5.41, 5.74) is 0.784. The molecule has 0 fully saturated rings. The highest BCUT2D eigenvalue weighted by Gasteiger charge is 2.29. The lowest BCUT2D eigenvalue weighted by Gasteiger charge is -2.26. The number of oxime groups is 1. The molecular weight excluding hydrogens is 392 g/mol. The number of urea groups is 1. The maximum atomic E-state index is 14.1. The van der Waals surface area contributed by atoms with Gasteiger partial charge in [0, 0.05) is 24.1 Å². The van der Waals surface area contributed by atoms with Gasteiger partial charge < -0.3 is 19.5 Å². The summed E-state index contributed by atoms with van der Waals surface area (Å²) in [6.07, 6.45) is -0.0263. The van der Waals surface area contributed by atoms with Crippen LogP contribution in [-0.2, 0) is 11.4 Å². The molecule has 0 bridgehead atoms. The van der Waals surface area contributed by atoms with Crippen molar-refractivity contribution in [3.8, 4) is 0 Å². The molecule has 1 aromatic heterocycles. The number of amides is 2. The third kappa shape index (κ3) is 5.01. The molecule has 2 amide bonds. The third-order valence-corrected chi connectivity index (χ3v) is 4.29. The number of hydrogen-bond donors (Lipinski definition) is 1. The van der Waals surface area contributed by atoms with E-state index in [0.717, 1.165) is 12.1 Å². The highest BCUT2D eigenvalue weighted by atomic mass is 35.5. The average molecular weight is 412 g/mol. The molecule has 0 spiro atoms. The fraction of sp³-hybridized carbons (Fsp3) is 0.368. The largest absolute Gasteiger partial charge is 0.443 e. The minimum Gasteiger partial charge on any atom is -0.443 e. The summed E-state index contributed by atoms with van der Waals surface area (Å²) in [7, 11) is 0. The van der Waals surface area contributed by atoms with Crippen molar-refractivity contribution in [1.82, 2.24) is 10.2 Å². The lowest BCUT2D eigenvalue weighted by atomic mass is 10.1. The van der Waals surface area contributed by atoms with Crippen molar-refractivity contribution >= 4 is 23.3 Å². The first-order valence-electron chi connectivity index (χ1n) is 8.79. The molecule has 1 aliphatic rings. The van der Waals surface area contributed by atoms with Gasteiger partial charge in [0.25, 0.3) is 0 Å². The van der Waals surface area contributed by atoms with Gasteiger partial charge in [-0.1, -0.05) is 11.2 Å². The van der Waals surface area contributed by atoms with Crippen LogP contribution < -0.4 is 5.32 Å². The molecule has 28 heavy (non-hydrogen) atoms. The molecule has 0 radical (unpaired) electrons. The first kappa shape index (κ1) is 20.1. The van der Waals surface area contributed by atoms with Crippen molar-refractivity contribution in [2.45, 2.75) is 39.0 Å². The molecule has 2 heterocycles. The van der Waals surface area contributed by atoms with Crippen LogP contribution in [-0.4, -0.2) is 35.3 Å². The first-order valence-corrected chi connectivity index (χ1v) is 9.17. The van der Waals surface area contributed by atoms with E-state index in [2.05, 4.69) is 10.5 Å². The van der Waals surface area contributed by atoms with E-state index in [9.17, 15) is 13.6 Å². The zero-order valence-electron chi connectivity index (χ0n) is 15.4. The summed E-state index contributed by atoms with van der Waals surface area (Å²) in [5, 5.41) is 7.01. The second-order valence-electron chi connectivity index (χ2n) is 6.79. The van der Waals surface area contributed by atoms with Crippen molar-refractivity contribution in [3.05, 3.63) is 58.5 Å². The number of rotatable bonds is 6. The second-order valence-corrected chi connectivity index (χ2v) is 7.17. The summed E-state index contributed by atoms with van der Waals surface area (Å²) in [6.45, 7) is 3.77. The Morgan fingerprint density at radius 3 is 2.79 bits per heavy atom. The standard InChI is InChI=1S/C19H20ClF2N3O3/c1-11(2)23-19(26)25(9-12-3-4-13(21)7-15(12)22)10-14-8-16(24-28-14)17-5-6-18(20)27-17/h3-7,11,14H,8-10H2,1-2H3,(H,23,26)/t14-/m0/s1. The summed E-state index contributed by atoms with van der Waals surface area (Å²) in [5.74, 6) is -0.888. The number of carbonyl (C=O) groups excluding carboxylic acids is 1. The van der Waals surface area contributed by atoms with Crippen molar-refractivity contribution in [3.63, 3.8) is 0 Å². The van der Waals surface area contributed by atoms with E-state index >= 15 is 0 Å². The zero-order chi connectivity index (χ0) is 20.3. The second kappa shape index (κ2) is 8.60. The molecule has 2 aromatic rings. The van der Waals surface area contributed by atoms with E-state index in [1.807, 2.05) is 13.8 Å². The van der Waals surface area contributed by atoms with Gasteiger partial charge in [0.05, 0.1) is 13.1 Å². The molecular formula is C19H20ClF2N3O3. The quantitative estimate of drug-likeness (QED) is 0.769. The normalized spacial score (nSPS) is 16.1. The molecule has 0 saturated carbocycles. The number of nitrogens with one attached hydrogen (secondary N) is 1. The molecule has 3 rings (SSSR count). The molecule has 1 atom stereocenters. The van der Waals surface area contributed by atoms with Gasteiger partial charge in [-0.05, 0) is 43.6 Å². The van der Waals surface area contributed by atoms with Crippen LogP contribution >= 0.6 is 11.6 Å². The predicted octanol–water partition coefficient (Wildman–Crippen LogP) is 4.32. The number of carbonyl (C=O) groups is 1. The molecule has 9 heteroatoms. The van der Waals surface area contributed by atoms with Crippen LogP contribution in [0.5, 0.6) is 0 Å². The van der Waals surface area contributed by atoms with Crippen LogP contribution in [0.25, 0.3) is 0 Å². The highest BCUT2D eigenvalue weighted by Crippen LogP contribution is 2.22. The summed E-state index contributed by atoms with van der Waals surface area (Å²) >= 11 is 5.78. The smallest absolute Gasteiger partial charge is 0.318 e. The van der Waals surface area contributed by atoms with Gasteiger partial charge in [0.15, 0.2) is 17.1 Å². The summed E-state index contributed by atoms with van der Waals surface area (Å²) < 4.78 is 32.5. The molecule has 0 aliphatic carbocycles. The van der Waals surface area contributed by atoms with Crippen LogP contribution in [0, 0.1) is 11.6 Å². The van der Waals surface area contributed by atoms with Crippen molar-refractivity contribution in [2.75, 3.05) is 6.54 Å². The van der Waals surface area contributed by atoms with E-state index in [-0.39, 0.29) is 35.9 Å². The average Bonchev–Trinajstić information content (AvgIpc) is 3.24. The van der Waals surface area contributed by atoms with E-state index in [0.29, 0.717) is 17.9 Å². The third-order valence-electron chi connectivity index (χ3n) is 4.09. The fourth-order valence-electron chi connectivity index (χ4n) is 2.80. The van der Waals surface area contributed by atoms with E-state index in [4.69, 9.17) is 20.9 Å². The van der Waals surface area contributed by atoms with Crippen LogP contribution in [0.4, 0.5) is 13.6 Å². The maximum absolute atomic E-state index is 14.1. The maximum Gasteiger partial charge on any atom is 0.318 e. The summed E-state index contributed by atoms with van der Waals surface area (Å²) in [4.78, 5) is 19.4. The fourth-order valence-corrected chi connectivity index (χ4v) is 2.95. The van der Waals surface area contributed by atoms with Gasteiger partial charge in [-0.3, -0.25) is 0 Å². The van der Waals surface area contributed by atoms with Crippen LogP contribution in [0.3, 0.4) is 0 Å². The Kier molecular flexibility index (Phi) is 6.18. The molecule has 0 unspecified atom stereocenters. The van der Waals surface area contributed by atoms with Crippen LogP contribution in [0.2, 0.25) is 5.22 Å². The minimum atomic E-state index is -0.711. The Bertz CT molecular complexity index is 885. The minimum absolute atomic E-state index is 0.0353. The van der Waals surface area contributed by atoms with Gasteiger partial charge in [-0.25, -0.2) is 13.6 Å². The van der Waals surface area contributed by atoms with Crippen LogP contribution in [0.1, 0.15) is 31.6 Å². The highest BCUT2D eigenvalue weighted by molar-refractivity contribution is 6.29. The lowest BCUT2D eigenvalue weighted by Crippen LogP contribution is -2.45. The molecule has 6 nitrogen and oxygen atoms in total. The van der Waals surface area contributed by atoms with Crippen molar-refractivity contribution in [1.29, 1.82) is 0 Å². The Hall–Kier alpha value is -2.61. The van der Waals surface area contributed by atoms with Gasteiger partial charge in [0.1, 0.15) is 17.3 Å². The van der Waals surface area contributed by atoms with Crippen molar-refractivity contribution < 1.29 is 22.8 Å². The molecule has 1 aliphatic heterocycles. The Morgan fingerprint density at radius 1 is 1.36 bits per heavy atom. The van der Waals surface area contributed by atoms with E-state index in [1.54, 1.807) is 12.1 Å². The van der Waals surface area contributed by atoms with Crippen LogP contribution in [0.15, 0.2) is 39.9 Å². The number of nitrogens with zero attached hydrogens (tertiary/aromatic N) is 2. The Balaban J connectivity index is 1.70. The molecule has 1 aromatic carbocycles. The predicted molar refractivity (Wildman–Crippen MR) is 100 cm³/mol. The number of hydrogen-bond acceptors (Lipinski definition) is 4. The van der Waals surface area contributed by atoms with Gasteiger partial charge in [0.2, 0.25) is 0 Å². The monoisotopic (exact) mass is 411 g/mol. The lowest BCUT2D eigenvalue weighted by molar-refractivity contribution is 0.0584. The zero-order valence-corrected chi connectivity index (χ0v) is 16.2. The first-order chi connectivity index (χ1) is 13.3. The molecule has 150 valence electrons. The number of furan rings is 1. The summed E-state index contributed by atoms with van der Waals surface area (Å²) in [6, 6.07) is 6.08. The topological polar surface area (TPSA) is 67.1 Å². The van der Waals surface area contributed by atoms with Gasteiger partial charge in [-0.2, -0.15) is 0 Å². The Labute approximate surface area is 166 Å². The molecule has 1 N–H and O–H groups in total. The number of halogens is 3. The molecule has 0 saturated heterocycles. The van der Waals surface area contributed by atoms with E-state index < -0.39 is 17.7 Å². The van der Waals surface area contributed by atoms with Crippen molar-refractivity contribution in [2.24, 2.45) is 5.16 Å². The van der Waals surface area contributed by atoms with Gasteiger partial charge in [-0.15, -0.1) is 0 Å².